The minimum Gasteiger partial charge on any atom is -0.463 e. The predicted octanol–water partition coefficient (Wildman–Crippen LogP) is 17.8. The van der Waals surface area contributed by atoms with Gasteiger partial charge in [0.1, 0.15) is 25.4 Å². The van der Waals surface area contributed by atoms with Gasteiger partial charge in [0, 0.05) is 19.3 Å². The molecular formula is C67H118O16P2. The topological polar surface area (TPSA) is 231 Å². The van der Waals surface area contributed by atoms with E-state index in [9.17, 15) is 43.5 Å². The van der Waals surface area contributed by atoms with Crippen molar-refractivity contribution in [2.75, 3.05) is 39.6 Å². The van der Waals surface area contributed by atoms with Gasteiger partial charge >= 0.3 is 33.6 Å². The number of ether oxygens (including phenoxy) is 3. The smallest absolute Gasteiger partial charge is 0.463 e. The molecule has 0 rings (SSSR count). The van der Waals surface area contributed by atoms with Crippen molar-refractivity contribution in [1.29, 1.82) is 0 Å². The first kappa shape index (κ1) is 81.7. The number of allylic oxidation sites excluding steroid dienone is 14. The Morgan fingerprint density at radius 1 is 0.341 bits per heavy atom. The summed E-state index contributed by atoms with van der Waals surface area (Å²) in [5.41, 5.74) is 0. The van der Waals surface area contributed by atoms with E-state index in [1.807, 2.05) is 0 Å². The van der Waals surface area contributed by atoms with Gasteiger partial charge in [0.05, 0.1) is 26.4 Å². The quantitative estimate of drug-likeness (QED) is 0.0146. The fourth-order valence-electron chi connectivity index (χ4n) is 8.57. The van der Waals surface area contributed by atoms with Crippen LogP contribution in [0.2, 0.25) is 0 Å². The Morgan fingerprint density at radius 3 is 1.01 bits per heavy atom. The van der Waals surface area contributed by atoms with E-state index in [1.54, 1.807) is 0 Å². The maximum absolute atomic E-state index is 12.9. The van der Waals surface area contributed by atoms with Crippen molar-refractivity contribution in [3.05, 3.63) is 85.1 Å². The Labute approximate surface area is 515 Å². The van der Waals surface area contributed by atoms with Gasteiger partial charge in [-0.1, -0.05) is 234 Å². The molecule has 0 heterocycles. The highest BCUT2D eigenvalue weighted by atomic mass is 31.2. The molecule has 18 heteroatoms. The first-order valence-corrected chi connectivity index (χ1v) is 35.9. The van der Waals surface area contributed by atoms with Gasteiger partial charge < -0.3 is 34.2 Å². The highest BCUT2D eigenvalue weighted by Gasteiger charge is 2.29. The Bertz CT molecular complexity index is 1900. The third-order valence-electron chi connectivity index (χ3n) is 13.6. The van der Waals surface area contributed by atoms with Crippen LogP contribution in [-0.2, 0) is 55.8 Å². The zero-order valence-electron chi connectivity index (χ0n) is 53.0. The van der Waals surface area contributed by atoms with Crippen LogP contribution in [0.1, 0.15) is 265 Å². The minimum absolute atomic E-state index is 0.103. The molecule has 0 bridgehead atoms. The highest BCUT2D eigenvalue weighted by molar-refractivity contribution is 7.47. The molecule has 5 unspecified atom stereocenters. The van der Waals surface area contributed by atoms with Crippen LogP contribution >= 0.6 is 15.6 Å². The summed E-state index contributed by atoms with van der Waals surface area (Å²) in [5, 5.41) is 20.5. The molecule has 16 nitrogen and oxygen atoms in total. The van der Waals surface area contributed by atoms with Gasteiger partial charge in [0.2, 0.25) is 0 Å². The molecule has 0 aromatic heterocycles. The zero-order valence-corrected chi connectivity index (χ0v) is 54.8. The Morgan fingerprint density at radius 2 is 0.624 bits per heavy atom. The number of hydrogen-bond acceptors (Lipinski definition) is 14. The molecule has 0 fully saturated rings. The van der Waals surface area contributed by atoms with E-state index in [-0.39, 0.29) is 19.3 Å². The van der Waals surface area contributed by atoms with Crippen LogP contribution < -0.4 is 0 Å². The van der Waals surface area contributed by atoms with Gasteiger partial charge in [-0.15, -0.1) is 0 Å². The molecule has 492 valence electrons. The summed E-state index contributed by atoms with van der Waals surface area (Å²) in [6, 6.07) is 0. The van der Waals surface area contributed by atoms with Crippen molar-refractivity contribution in [3.63, 3.8) is 0 Å². The molecule has 0 saturated carbocycles. The Kier molecular flexibility index (Phi) is 58.6. The van der Waals surface area contributed by atoms with Crippen molar-refractivity contribution in [3.8, 4) is 0 Å². The standard InChI is InChI=1S/C67H118O16P2/c1-4-7-10-13-16-19-22-25-27-28-29-30-31-32-34-37-38-41-44-47-50-53-65(70)77-56-62(68)57-79-84(73,74)80-58-63(69)59-81-85(75,76)82-61-64(83-67(72)55-52-49-46-43-40-35-24-21-18-15-12-9-6-3)60-78-66(71)54-51-48-45-42-39-36-33-26-23-20-17-14-11-8-5-2/h8,11,16-17,19-20,25-27,29-30,32-34,62-64,68-69H,4-7,9-10,12-15,18,21-24,28,31,35-61H2,1-3H3,(H,73,74)(H,75,76)/b11-8-,19-16-,20-17-,27-25-,30-29-,33-26-,34-32-. The molecule has 0 aromatic rings. The lowest BCUT2D eigenvalue weighted by Gasteiger charge is -2.21. The van der Waals surface area contributed by atoms with Crippen LogP contribution in [0.4, 0.5) is 0 Å². The zero-order chi connectivity index (χ0) is 62.4. The first-order valence-electron chi connectivity index (χ1n) is 32.9. The predicted molar refractivity (Wildman–Crippen MR) is 344 cm³/mol. The van der Waals surface area contributed by atoms with Gasteiger partial charge in [0.25, 0.3) is 0 Å². The van der Waals surface area contributed by atoms with Gasteiger partial charge in [0.15, 0.2) is 6.10 Å². The van der Waals surface area contributed by atoms with Crippen LogP contribution in [0.3, 0.4) is 0 Å². The van der Waals surface area contributed by atoms with Crippen molar-refractivity contribution in [1.82, 2.24) is 0 Å². The monoisotopic (exact) mass is 1240 g/mol. The second-order valence-corrected chi connectivity index (χ2v) is 24.8. The molecule has 5 atom stereocenters. The van der Waals surface area contributed by atoms with E-state index in [0.717, 1.165) is 128 Å². The lowest BCUT2D eigenvalue weighted by atomic mass is 10.0. The maximum atomic E-state index is 12.9. The molecule has 0 spiro atoms. The van der Waals surface area contributed by atoms with Crippen LogP contribution in [0.25, 0.3) is 0 Å². The second kappa shape index (κ2) is 61.0. The Hall–Kier alpha value is -3.27. The van der Waals surface area contributed by atoms with Gasteiger partial charge in [-0.25, -0.2) is 9.13 Å². The van der Waals surface area contributed by atoms with E-state index in [0.29, 0.717) is 19.3 Å². The number of unbranched alkanes of at least 4 members (excludes halogenated alkanes) is 25. The Balaban J connectivity index is 4.63. The first-order chi connectivity index (χ1) is 41.2. The van der Waals surface area contributed by atoms with Crippen molar-refractivity contribution in [2.45, 2.75) is 283 Å². The van der Waals surface area contributed by atoms with Crippen molar-refractivity contribution < 1.29 is 75.8 Å². The largest absolute Gasteiger partial charge is 0.472 e. The molecule has 0 amide bonds. The summed E-state index contributed by atoms with van der Waals surface area (Å²) in [6.45, 7) is 2.49. The summed E-state index contributed by atoms with van der Waals surface area (Å²) in [4.78, 5) is 58.2. The number of carbonyl (C=O) groups is 3. The molecule has 0 aliphatic rings. The fraction of sp³-hybridized carbons (Fsp3) is 0.746. The van der Waals surface area contributed by atoms with Gasteiger partial charge in [-0.05, 0) is 96.3 Å². The molecule has 85 heavy (non-hydrogen) atoms. The van der Waals surface area contributed by atoms with E-state index >= 15 is 0 Å². The molecule has 0 aliphatic carbocycles. The normalized spacial score (nSPS) is 14.9. The number of phosphoric ester groups is 2. The molecule has 4 N–H and O–H groups in total. The van der Waals surface area contributed by atoms with Crippen molar-refractivity contribution in [2.24, 2.45) is 0 Å². The van der Waals surface area contributed by atoms with Crippen LogP contribution in [0.15, 0.2) is 85.1 Å². The summed E-state index contributed by atoms with van der Waals surface area (Å²) >= 11 is 0. The summed E-state index contributed by atoms with van der Waals surface area (Å²) < 4.78 is 60.7. The molecule has 0 saturated heterocycles. The number of phosphoric acid groups is 2. The van der Waals surface area contributed by atoms with Crippen molar-refractivity contribution >= 4 is 33.6 Å². The summed E-state index contributed by atoms with van der Waals surface area (Å²) in [5.74, 6) is -1.61. The molecular weight excluding hydrogens is 1120 g/mol. The van der Waals surface area contributed by atoms with E-state index in [2.05, 4.69) is 106 Å². The third kappa shape index (κ3) is 62.1. The summed E-state index contributed by atoms with van der Waals surface area (Å²) in [7, 11) is -9.77. The van der Waals surface area contributed by atoms with Gasteiger partial charge in [-0.3, -0.25) is 32.5 Å². The van der Waals surface area contributed by atoms with E-state index in [4.69, 9.17) is 32.3 Å². The highest BCUT2D eigenvalue weighted by Crippen LogP contribution is 2.45. The summed E-state index contributed by atoms with van der Waals surface area (Å²) in [6.07, 6.45) is 63.5. The fourth-order valence-corrected chi connectivity index (χ4v) is 10.2. The number of aliphatic hydroxyl groups is 2. The van der Waals surface area contributed by atoms with E-state index in [1.165, 1.54) is 77.0 Å². The maximum Gasteiger partial charge on any atom is 0.472 e. The lowest BCUT2D eigenvalue weighted by Crippen LogP contribution is -2.30. The minimum atomic E-state index is -4.92. The van der Waals surface area contributed by atoms with Crippen LogP contribution in [0, 0.1) is 0 Å². The number of hydrogen-bond donors (Lipinski definition) is 4. The molecule has 0 radical (unpaired) electrons. The van der Waals surface area contributed by atoms with E-state index < -0.39 is 91.5 Å². The SMILES string of the molecule is CC/C=C\C/C=C\C/C=C\CCCCCCCC(=O)OCC(COP(=O)(O)OCC(O)COP(=O)(O)OCC(O)COC(=O)CCCCCCC/C=C\C/C=C\C/C=C\C/C=C\CCCCC)OC(=O)CCCCCCCCCCCCCCC. The lowest BCUT2D eigenvalue weighted by molar-refractivity contribution is -0.161. The van der Waals surface area contributed by atoms with Crippen LogP contribution in [-0.4, -0.2) is 95.9 Å². The number of carbonyl (C=O) groups excluding carboxylic acids is 3. The second-order valence-electron chi connectivity index (χ2n) is 21.9. The molecule has 0 aliphatic heterocycles. The van der Waals surface area contributed by atoms with Gasteiger partial charge in [-0.2, -0.15) is 0 Å². The average Bonchev–Trinajstić information content (AvgIpc) is 3.51. The number of rotatable bonds is 62. The third-order valence-corrected chi connectivity index (χ3v) is 15.5. The molecule has 0 aromatic carbocycles. The number of esters is 3. The number of aliphatic hydroxyl groups excluding tert-OH is 2. The average molecular weight is 1240 g/mol. The van der Waals surface area contributed by atoms with Crippen LogP contribution in [0.5, 0.6) is 0 Å².